The van der Waals surface area contributed by atoms with E-state index in [1.807, 2.05) is 47.8 Å². The second-order valence-corrected chi connectivity index (χ2v) is 17.4. The molecular weight excluding hydrogens is 761 g/mol. The van der Waals surface area contributed by atoms with Crippen LogP contribution in [0.5, 0.6) is 5.88 Å². The molecule has 5 atom stereocenters. The van der Waals surface area contributed by atoms with Crippen LogP contribution in [0.25, 0.3) is 21.6 Å². The number of carbonyl (C=O) groups excluding carboxylic acids is 4. The maximum atomic E-state index is 14.5. The fourth-order valence-corrected chi connectivity index (χ4v) is 8.62. The minimum absolute atomic E-state index is 0.0249. The lowest BCUT2D eigenvalue weighted by Gasteiger charge is -2.30. The van der Waals surface area contributed by atoms with Gasteiger partial charge in [-0.15, -0.1) is 11.3 Å². The average molecular weight is 811 g/mol. The summed E-state index contributed by atoms with van der Waals surface area (Å²) in [5.41, 5.74) is 0.735. The Balaban J connectivity index is 1.17. The van der Waals surface area contributed by atoms with E-state index in [2.05, 4.69) is 16.0 Å². The van der Waals surface area contributed by atoms with Crippen molar-refractivity contribution in [2.45, 2.75) is 114 Å². The molecule has 0 bridgehead atoms. The van der Waals surface area contributed by atoms with Crippen LogP contribution in [0.15, 0.2) is 66.0 Å². The Bertz CT molecular complexity index is 2160. The van der Waals surface area contributed by atoms with Crippen LogP contribution in [0.2, 0.25) is 0 Å². The largest absolute Gasteiger partial charge is 0.479 e. The number of anilines is 1. The van der Waals surface area contributed by atoms with Crippen LogP contribution < -0.4 is 20.7 Å². The molecule has 15 heteroatoms. The number of hydrogen-bond acceptors (Lipinski definition) is 10. The quantitative estimate of drug-likeness (QED) is 0.153. The molecule has 0 radical (unpaired) electrons. The van der Waals surface area contributed by atoms with E-state index in [1.54, 1.807) is 39.0 Å². The molecule has 1 saturated carbocycles. The van der Waals surface area contributed by atoms with Crippen molar-refractivity contribution >= 4 is 57.8 Å². The minimum atomic E-state index is -1.39. The number of thiophene rings is 1. The number of benzene rings is 2. The third-order valence-corrected chi connectivity index (χ3v) is 11.7. The van der Waals surface area contributed by atoms with E-state index in [9.17, 15) is 29.1 Å². The molecule has 2 saturated heterocycles. The summed E-state index contributed by atoms with van der Waals surface area (Å²) in [5.74, 6) is -2.32. The number of rotatable bonds is 8. The number of carboxylic acids is 1. The van der Waals surface area contributed by atoms with E-state index >= 15 is 0 Å². The van der Waals surface area contributed by atoms with Gasteiger partial charge in [-0.25, -0.2) is 19.6 Å². The number of carboxylic acid groups (broad SMARTS) is 1. The molecule has 14 nitrogen and oxygen atoms in total. The molecule has 4 N–H and O–H groups in total. The standard InChI is InChI=1S/C43H50N6O8S/c1-42(2,3)57-41(55)47-31-16-11-6-4-5-10-15-27-24-43(27,40(53)54)48-37(51)33-23-29(25-49(33)39(31)52)56-38-36(34-17-12-20-58-34)45-32-22-28(18-19-30(32)46-38)44-35(50)21-26-13-8-7-9-14-26/h7-9,12-14,17-20,22,27,29,31,33H,4-6,10-11,15-16,21,23-25H2,1-3H3,(H,44,50)(H,47,55)(H,48,51)(H,53,54)/t27?,29-,31+,33+,43?/m1/s1. The van der Waals surface area contributed by atoms with Crippen LogP contribution in [-0.2, 0) is 30.3 Å². The van der Waals surface area contributed by atoms with E-state index in [1.165, 1.54) is 16.2 Å². The van der Waals surface area contributed by atoms with E-state index in [4.69, 9.17) is 19.4 Å². The van der Waals surface area contributed by atoms with Crippen molar-refractivity contribution in [1.82, 2.24) is 25.5 Å². The van der Waals surface area contributed by atoms with Crippen molar-refractivity contribution in [1.29, 1.82) is 0 Å². The first-order valence-corrected chi connectivity index (χ1v) is 20.9. The lowest BCUT2D eigenvalue weighted by Crippen LogP contribution is -2.56. The second-order valence-electron chi connectivity index (χ2n) is 16.5. The first-order chi connectivity index (χ1) is 27.8. The molecule has 0 spiro atoms. The number of aliphatic carboxylic acids is 1. The van der Waals surface area contributed by atoms with Crippen LogP contribution in [-0.4, -0.2) is 85.6 Å². The fourth-order valence-electron chi connectivity index (χ4n) is 7.92. The predicted octanol–water partition coefficient (Wildman–Crippen LogP) is 6.48. The summed E-state index contributed by atoms with van der Waals surface area (Å²) in [4.78, 5) is 79.1. The van der Waals surface area contributed by atoms with Crippen molar-refractivity contribution in [3.8, 4) is 16.5 Å². The molecular formula is C43H50N6O8S. The highest BCUT2D eigenvalue weighted by atomic mass is 32.1. The topological polar surface area (TPSA) is 189 Å². The van der Waals surface area contributed by atoms with E-state index in [0.29, 0.717) is 48.1 Å². The number of hydrogen-bond donors (Lipinski definition) is 4. The molecule has 306 valence electrons. The molecule has 7 rings (SSSR count). The molecule has 3 aliphatic rings. The van der Waals surface area contributed by atoms with Gasteiger partial charge in [-0.3, -0.25) is 14.4 Å². The first-order valence-electron chi connectivity index (χ1n) is 20.0. The summed E-state index contributed by atoms with van der Waals surface area (Å²) < 4.78 is 12.1. The first kappa shape index (κ1) is 40.6. The zero-order chi connectivity index (χ0) is 41.0. The number of fused-ring (bicyclic) bond motifs is 3. The van der Waals surface area contributed by atoms with Gasteiger partial charge in [-0.1, -0.05) is 68.5 Å². The number of carbonyl (C=O) groups is 5. The molecule has 2 aromatic heterocycles. The monoisotopic (exact) mass is 810 g/mol. The summed E-state index contributed by atoms with van der Waals surface area (Å²) in [5, 5.41) is 20.7. The van der Waals surface area contributed by atoms with Crippen LogP contribution in [0.3, 0.4) is 0 Å². The van der Waals surface area contributed by atoms with Crippen molar-refractivity contribution in [2.75, 3.05) is 11.9 Å². The molecule has 4 aromatic rings. The highest BCUT2D eigenvalue weighted by Gasteiger charge is 2.62. The maximum absolute atomic E-state index is 14.5. The fraction of sp³-hybridized carbons (Fsp3) is 0.465. The Kier molecular flexibility index (Phi) is 12.0. The Labute approximate surface area is 341 Å². The predicted molar refractivity (Wildman–Crippen MR) is 218 cm³/mol. The van der Waals surface area contributed by atoms with Gasteiger partial charge in [0.05, 0.1) is 28.9 Å². The third-order valence-electron chi connectivity index (χ3n) is 10.9. The Morgan fingerprint density at radius 2 is 1.72 bits per heavy atom. The molecule has 2 aromatic carbocycles. The number of alkyl carbamates (subject to hydrolysis) is 1. The van der Waals surface area contributed by atoms with Gasteiger partial charge in [-0.2, -0.15) is 0 Å². The molecule has 4 amide bonds. The summed E-state index contributed by atoms with van der Waals surface area (Å²) in [6.07, 6.45) is 4.26. The van der Waals surface area contributed by atoms with Gasteiger partial charge in [0.25, 0.3) is 0 Å². The van der Waals surface area contributed by atoms with Gasteiger partial charge in [-0.05, 0) is 81.2 Å². The van der Waals surface area contributed by atoms with E-state index in [-0.39, 0.29) is 37.1 Å². The van der Waals surface area contributed by atoms with Crippen molar-refractivity contribution in [3.05, 3.63) is 71.6 Å². The van der Waals surface area contributed by atoms with E-state index < -0.39 is 53.2 Å². The van der Waals surface area contributed by atoms with Crippen molar-refractivity contribution in [2.24, 2.45) is 5.92 Å². The third kappa shape index (κ3) is 9.58. The van der Waals surface area contributed by atoms with Gasteiger partial charge >= 0.3 is 12.1 Å². The van der Waals surface area contributed by atoms with Gasteiger partial charge in [0.1, 0.15) is 35.0 Å². The highest BCUT2D eigenvalue weighted by Crippen LogP contribution is 2.47. The Hall–Kier alpha value is -5.57. The molecule has 3 fully saturated rings. The van der Waals surface area contributed by atoms with Crippen LogP contribution in [0.1, 0.15) is 84.1 Å². The highest BCUT2D eigenvalue weighted by molar-refractivity contribution is 7.13. The lowest BCUT2D eigenvalue weighted by atomic mass is 10.0. The molecule has 2 unspecified atom stereocenters. The van der Waals surface area contributed by atoms with Crippen LogP contribution in [0.4, 0.5) is 10.5 Å². The molecule has 4 heterocycles. The number of nitrogens with one attached hydrogen (secondary N) is 3. The SMILES string of the molecule is CC(C)(C)OC(=O)N[C@H]1CCCCCCCC2CC2(C(=O)O)NC(=O)[C@@H]2C[C@@H](Oc3nc4ccc(NC(=O)Cc5ccccc5)cc4nc3-c3cccs3)CN2C1=O. The molecule has 58 heavy (non-hydrogen) atoms. The Morgan fingerprint density at radius 3 is 2.45 bits per heavy atom. The Morgan fingerprint density at radius 1 is 0.966 bits per heavy atom. The summed E-state index contributed by atoms with van der Waals surface area (Å²) in [6.45, 7) is 5.19. The number of ether oxygens (including phenoxy) is 2. The molecule has 1 aliphatic carbocycles. The zero-order valence-corrected chi connectivity index (χ0v) is 33.8. The van der Waals surface area contributed by atoms with Gasteiger partial charge in [0.2, 0.25) is 23.6 Å². The van der Waals surface area contributed by atoms with Crippen molar-refractivity contribution < 1.29 is 38.6 Å². The number of aromatic nitrogens is 2. The van der Waals surface area contributed by atoms with Crippen LogP contribution in [0, 0.1) is 5.92 Å². The lowest BCUT2D eigenvalue weighted by molar-refractivity contribution is -0.146. The normalized spacial score (nSPS) is 24.0. The number of amides is 4. The second kappa shape index (κ2) is 17.1. The van der Waals surface area contributed by atoms with Gasteiger partial charge in [0, 0.05) is 12.1 Å². The number of nitrogens with zero attached hydrogens (tertiary/aromatic N) is 3. The maximum Gasteiger partial charge on any atom is 0.408 e. The van der Waals surface area contributed by atoms with E-state index in [0.717, 1.165) is 36.1 Å². The zero-order valence-electron chi connectivity index (χ0n) is 33.0. The van der Waals surface area contributed by atoms with Gasteiger partial charge in [0.15, 0.2) is 0 Å². The summed E-state index contributed by atoms with van der Waals surface area (Å²) >= 11 is 1.44. The minimum Gasteiger partial charge on any atom is -0.479 e. The molecule has 2 aliphatic heterocycles. The van der Waals surface area contributed by atoms with Crippen molar-refractivity contribution in [3.63, 3.8) is 0 Å². The van der Waals surface area contributed by atoms with Gasteiger partial charge < -0.3 is 35.4 Å². The summed E-state index contributed by atoms with van der Waals surface area (Å²) in [7, 11) is 0. The smallest absolute Gasteiger partial charge is 0.408 e. The van der Waals surface area contributed by atoms with Crippen LogP contribution >= 0.6 is 11.3 Å². The average Bonchev–Trinajstić information content (AvgIpc) is 3.46. The summed E-state index contributed by atoms with van der Waals surface area (Å²) in [6, 6.07) is 16.4.